The fourth-order valence-corrected chi connectivity index (χ4v) is 3.64. The van der Waals surface area contributed by atoms with Crippen molar-refractivity contribution in [2.45, 2.75) is 19.9 Å². The number of likely N-dealkylation sites (N-methyl/N-ethyl adjacent to an activating group) is 1. The van der Waals surface area contributed by atoms with Gasteiger partial charge < -0.3 is 14.7 Å². The number of para-hydroxylation sites is 1. The average molecular weight is 366 g/mol. The number of hydrogen-bond acceptors (Lipinski definition) is 3. The van der Waals surface area contributed by atoms with E-state index in [1.807, 2.05) is 68.6 Å². The second kappa shape index (κ2) is 8.35. The highest BCUT2D eigenvalue weighted by atomic mass is 16.2. The predicted octanol–water partition coefficient (Wildman–Crippen LogP) is 1.65. The molecule has 27 heavy (non-hydrogen) atoms. The third-order valence-electron chi connectivity index (χ3n) is 5.50. The lowest BCUT2D eigenvalue weighted by Crippen LogP contribution is -3.19. The van der Waals surface area contributed by atoms with E-state index in [1.165, 1.54) is 4.90 Å². The molecule has 0 spiro atoms. The highest BCUT2D eigenvalue weighted by Gasteiger charge is 2.31. The molecule has 1 heterocycles. The van der Waals surface area contributed by atoms with Gasteiger partial charge in [0.2, 0.25) is 0 Å². The van der Waals surface area contributed by atoms with Crippen molar-refractivity contribution in [1.29, 1.82) is 0 Å². The number of benzene rings is 2. The quantitative estimate of drug-likeness (QED) is 0.819. The summed E-state index contributed by atoms with van der Waals surface area (Å²) >= 11 is 0. The molecule has 0 aromatic heterocycles. The number of nitrogens with one attached hydrogen (secondary N) is 1. The van der Waals surface area contributed by atoms with Crippen LogP contribution in [-0.2, 0) is 4.79 Å². The molecule has 0 unspecified atom stereocenters. The Morgan fingerprint density at radius 2 is 1.59 bits per heavy atom. The number of amides is 1. The lowest BCUT2D eigenvalue weighted by atomic mass is 10.1. The van der Waals surface area contributed by atoms with Crippen LogP contribution in [0, 0.1) is 0 Å². The summed E-state index contributed by atoms with van der Waals surface area (Å²) in [7, 11) is 1.85. The Morgan fingerprint density at radius 1 is 1.00 bits per heavy atom. The molecule has 0 radical (unpaired) electrons. The van der Waals surface area contributed by atoms with Gasteiger partial charge in [-0.05, 0) is 50.2 Å². The second-order valence-corrected chi connectivity index (χ2v) is 7.20. The van der Waals surface area contributed by atoms with Crippen LogP contribution in [0.15, 0.2) is 54.6 Å². The zero-order chi connectivity index (χ0) is 19.4. The van der Waals surface area contributed by atoms with Crippen LogP contribution < -0.4 is 14.7 Å². The summed E-state index contributed by atoms with van der Waals surface area (Å²) in [4.78, 5) is 29.7. The molecule has 0 bridgehead atoms. The maximum atomic E-state index is 12.9. The standard InChI is InChI=1S/C22H27N3O2/c1-17(22(27)23(3)20-7-5-4-6-8-20)24-13-15-25(16-14-24)21-11-9-19(10-12-21)18(2)26/h4-12,17H,13-16H2,1-3H3/p+1/t17-/m1/s1. The van der Waals surface area contributed by atoms with Crippen molar-refractivity contribution >= 4 is 23.1 Å². The third-order valence-corrected chi connectivity index (χ3v) is 5.50. The topological polar surface area (TPSA) is 45.1 Å². The molecule has 1 atom stereocenters. The molecule has 1 N–H and O–H groups in total. The fraction of sp³-hybridized carbons (Fsp3) is 0.364. The summed E-state index contributed by atoms with van der Waals surface area (Å²) in [6.07, 6.45) is 0. The van der Waals surface area contributed by atoms with E-state index in [9.17, 15) is 9.59 Å². The number of piperazine rings is 1. The summed E-state index contributed by atoms with van der Waals surface area (Å²) in [5.41, 5.74) is 2.81. The van der Waals surface area contributed by atoms with Crippen LogP contribution in [-0.4, -0.2) is 51.0 Å². The highest BCUT2D eigenvalue weighted by molar-refractivity contribution is 5.95. The molecule has 0 aliphatic carbocycles. The van der Waals surface area contributed by atoms with Gasteiger partial charge in [0.05, 0.1) is 26.2 Å². The first-order chi connectivity index (χ1) is 13.0. The fourth-order valence-electron chi connectivity index (χ4n) is 3.64. The lowest BCUT2D eigenvalue weighted by molar-refractivity contribution is -0.914. The van der Waals surface area contributed by atoms with Crippen LogP contribution in [0.3, 0.4) is 0 Å². The van der Waals surface area contributed by atoms with Crippen molar-refractivity contribution in [3.63, 3.8) is 0 Å². The molecule has 1 aliphatic heterocycles. The first kappa shape index (κ1) is 19.1. The number of Topliss-reactive ketones (excluding diaryl/α,β-unsaturated/α-hetero) is 1. The predicted molar refractivity (Wildman–Crippen MR) is 109 cm³/mol. The Labute approximate surface area is 161 Å². The zero-order valence-corrected chi connectivity index (χ0v) is 16.3. The van der Waals surface area contributed by atoms with E-state index in [0.717, 1.165) is 43.1 Å². The van der Waals surface area contributed by atoms with Gasteiger partial charge in [-0.2, -0.15) is 0 Å². The monoisotopic (exact) mass is 366 g/mol. The first-order valence-corrected chi connectivity index (χ1v) is 9.50. The number of carbonyl (C=O) groups is 2. The van der Waals surface area contributed by atoms with Crippen LogP contribution in [0.25, 0.3) is 0 Å². The molecule has 5 nitrogen and oxygen atoms in total. The maximum Gasteiger partial charge on any atom is 0.284 e. The second-order valence-electron chi connectivity index (χ2n) is 7.20. The molecule has 142 valence electrons. The number of hydrogen-bond donors (Lipinski definition) is 1. The van der Waals surface area contributed by atoms with Gasteiger partial charge in [0.25, 0.3) is 5.91 Å². The normalized spacial score (nSPS) is 16.0. The van der Waals surface area contributed by atoms with E-state index in [0.29, 0.717) is 0 Å². The van der Waals surface area contributed by atoms with Crippen molar-refractivity contribution in [2.75, 3.05) is 43.0 Å². The molecule has 1 amide bonds. The van der Waals surface area contributed by atoms with Crippen LogP contribution in [0.2, 0.25) is 0 Å². The number of ketones is 1. The number of quaternary nitrogens is 1. The largest absolute Gasteiger partial charge is 0.360 e. The van der Waals surface area contributed by atoms with Gasteiger partial charge in [0.1, 0.15) is 0 Å². The minimum absolute atomic E-state index is 0.0718. The highest BCUT2D eigenvalue weighted by Crippen LogP contribution is 2.16. The van der Waals surface area contributed by atoms with E-state index < -0.39 is 0 Å². The van der Waals surface area contributed by atoms with Gasteiger partial charge in [0, 0.05) is 24.0 Å². The van der Waals surface area contributed by atoms with Gasteiger partial charge in [-0.3, -0.25) is 9.59 Å². The van der Waals surface area contributed by atoms with Crippen molar-refractivity contribution in [2.24, 2.45) is 0 Å². The van der Waals surface area contributed by atoms with Gasteiger partial charge in [-0.25, -0.2) is 0 Å². The SMILES string of the molecule is CC(=O)c1ccc(N2CC[NH+]([C@H](C)C(=O)N(C)c3ccccc3)CC2)cc1. The van der Waals surface area contributed by atoms with E-state index in [1.54, 1.807) is 11.8 Å². The Kier molecular flexibility index (Phi) is 5.91. The van der Waals surface area contributed by atoms with Crippen molar-refractivity contribution < 1.29 is 14.5 Å². The average Bonchev–Trinajstić information content (AvgIpc) is 2.73. The molecular weight excluding hydrogens is 338 g/mol. The Morgan fingerprint density at radius 3 is 2.15 bits per heavy atom. The summed E-state index contributed by atoms with van der Waals surface area (Å²) in [5, 5.41) is 0. The Hall–Kier alpha value is -2.66. The van der Waals surface area contributed by atoms with E-state index in [-0.39, 0.29) is 17.7 Å². The van der Waals surface area contributed by atoms with Gasteiger partial charge >= 0.3 is 0 Å². The number of anilines is 2. The summed E-state index contributed by atoms with van der Waals surface area (Å²) in [6, 6.07) is 17.5. The maximum absolute atomic E-state index is 12.9. The minimum Gasteiger partial charge on any atom is -0.360 e. The Bertz CT molecular complexity index is 781. The van der Waals surface area contributed by atoms with Crippen LogP contribution in [0.5, 0.6) is 0 Å². The molecule has 1 fully saturated rings. The van der Waals surface area contributed by atoms with Crippen molar-refractivity contribution in [3.05, 3.63) is 60.2 Å². The lowest BCUT2D eigenvalue weighted by Gasteiger charge is -2.37. The van der Waals surface area contributed by atoms with Crippen LogP contribution in [0.4, 0.5) is 11.4 Å². The van der Waals surface area contributed by atoms with E-state index in [2.05, 4.69) is 4.90 Å². The van der Waals surface area contributed by atoms with Gasteiger partial charge in [-0.1, -0.05) is 18.2 Å². The Balaban J connectivity index is 1.58. The van der Waals surface area contributed by atoms with Crippen molar-refractivity contribution in [3.8, 4) is 0 Å². The van der Waals surface area contributed by atoms with Gasteiger partial charge in [0.15, 0.2) is 11.8 Å². The number of nitrogens with zero attached hydrogens (tertiary/aromatic N) is 2. The summed E-state index contributed by atoms with van der Waals surface area (Å²) in [6.45, 7) is 7.26. The zero-order valence-electron chi connectivity index (χ0n) is 16.3. The molecule has 3 rings (SSSR count). The van der Waals surface area contributed by atoms with E-state index in [4.69, 9.17) is 0 Å². The number of rotatable bonds is 5. The van der Waals surface area contributed by atoms with Crippen LogP contribution in [0.1, 0.15) is 24.2 Å². The summed E-state index contributed by atoms with van der Waals surface area (Å²) < 4.78 is 0. The molecule has 5 heteroatoms. The minimum atomic E-state index is -0.0718. The molecule has 0 saturated carbocycles. The smallest absolute Gasteiger partial charge is 0.284 e. The molecule has 1 saturated heterocycles. The third kappa shape index (κ3) is 4.37. The van der Waals surface area contributed by atoms with Gasteiger partial charge in [-0.15, -0.1) is 0 Å². The molecule has 2 aromatic carbocycles. The molecular formula is C22H28N3O2+. The number of carbonyl (C=O) groups excluding carboxylic acids is 2. The molecule has 1 aliphatic rings. The van der Waals surface area contributed by atoms with E-state index >= 15 is 0 Å². The van der Waals surface area contributed by atoms with Crippen molar-refractivity contribution in [1.82, 2.24) is 0 Å². The van der Waals surface area contributed by atoms with Crippen LogP contribution >= 0.6 is 0 Å². The molecule has 2 aromatic rings. The first-order valence-electron chi connectivity index (χ1n) is 9.50. The summed E-state index contributed by atoms with van der Waals surface area (Å²) in [5.74, 6) is 0.237.